The molecule has 0 saturated heterocycles. The van der Waals surface area contributed by atoms with Crippen molar-refractivity contribution in [3.05, 3.63) is 40.9 Å². The van der Waals surface area contributed by atoms with Crippen molar-refractivity contribution >= 4 is 15.9 Å². The third kappa shape index (κ3) is 1.71. The lowest BCUT2D eigenvalue weighted by atomic mass is 10.1. The third-order valence-electron chi connectivity index (χ3n) is 1.90. The molecule has 4 heteroatoms. The van der Waals surface area contributed by atoms with Crippen molar-refractivity contribution in [2.45, 2.75) is 6.61 Å². The molecule has 0 aliphatic heterocycles. The zero-order valence-electron chi connectivity index (χ0n) is 7.27. The summed E-state index contributed by atoms with van der Waals surface area (Å²) in [6, 6.07) is 7.68. The minimum atomic E-state index is -0.134. The highest BCUT2D eigenvalue weighted by atomic mass is 79.9. The molecule has 0 aliphatic rings. The smallest absolute Gasteiger partial charge is 0.181 e. The van der Waals surface area contributed by atoms with E-state index in [1.165, 1.54) is 6.39 Å². The summed E-state index contributed by atoms with van der Waals surface area (Å²) in [6.45, 7) is -0.134. The Morgan fingerprint density at radius 2 is 2.00 bits per heavy atom. The van der Waals surface area contributed by atoms with Gasteiger partial charge in [-0.3, -0.25) is 0 Å². The highest BCUT2D eigenvalue weighted by molar-refractivity contribution is 9.10. The molecule has 14 heavy (non-hydrogen) atoms. The van der Waals surface area contributed by atoms with Gasteiger partial charge in [0.25, 0.3) is 0 Å². The van der Waals surface area contributed by atoms with Crippen LogP contribution in [0.3, 0.4) is 0 Å². The number of hydrogen-bond donors (Lipinski definition) is 1. The van der Waals surface area contributed by atoms with E-state index in [2.05, 4.69) is 20.9 Å². The van der Waals surface area contributed by atoms with Gasteiger partial charge in [0.2, 0.25) is 0 Å². The second-order valence-corrected chi connectivity index (χ2v) is 3.70. The van der Waals surface area contributed by atoms with Crippen LogP contribution in [0, 0.1) is 0 Å². The van der Waals surface area contributed by atoms with Gasteiger partial charge < -0.3 is 9.52 Å². The van der Waals surface area contributed by atoms with Gasteiger partial charge in [-0.1, -0.05) is 28.1 Å². The SMILES string of the molecule is OCc1ocnc1-c1ccc(Br)cc1. The van der Waals surface area contributed by atoms with Crippen LogP contribution in [0.15, 0.2) is 39.5 Å². The molecule has 1 heterocycles. The van der Waals surface area contributed by atoms with Crippen LogP contribution in [0.25, 0.3) is 11.3 Å². The van der Waals surface area contributed by atoms with E-state index in [-0.39, 0.29) is 6.61 Å². The molecular formula is C10H8BrNO2. The first-order valence-electron chi connectivity index (χ1n) is 4.10. The predicted molar refractivity (Wildman–Crippen MR) is 55.6 cm³/mol. The summed E-state index contributed by atoms with van der Waals surface area (Å²) in [4.78, 5) is 4.04. The Balaban J connectivity index is 2.44. The zero-order chi connectivity index (χ0) is 9.97. The Hall–Kier alpha value is -1.13. The molecule has 1 aromatic carbocycles. The maximum atomic E-state index is 8.98. The van der Waals surface area contributed by atoms with Crippen LogP contribution in [-0.2, 0) is 6.61 Å². The van der Waals surface area contributed by atoms with Gasteiger partial charge in [-0.05, 0) is 12.1 Å². The first kappa shape index (κ1) is 9.43. The van der Waals surface area contributed by atoms with E-state index in [9.17, 15) is 0 Å². The number of benzene rings is 1. The van der Waals surface area contributed by atoms with Gasteiger partial charge in [0.05, 0.1) is 0 Å². The standard InChI is InChI=1S/C10H8BrNO2/c11-8-3-1-7(2-4-8)10-9(5-13)14-6-12-10/h1-4,6,13H,5H2. The van der Waals surface area contributed by atoms with Crippen molar-refractivity contribution in [3.63, 3.8) is 0 Å². The second-order valence-electron chi connectivity index (χ2n) is 2.79. The molecule has 0 saturated carbocycles. The molecule has 0 amide bonds. The zero-order valence-corrected chi connectivity index (χ0v) is 8.86. The molecule has 3 nitrogen and oxygen atoms in total. The summed E-state index contributed by atoms with van der Waals surface area (Å²) >= 11 is 3.35. The molecule has 1 N–H and O–H groups in total. The molecule has 0 aliphatic carbocycles. The molecule has 0 radical (unpaired) electrons. The number of aliphatic hydroxyl groups excluding tert-OH is 1. The van der Waals surface area contributed by atoms with Crippen molar-refractivity contribution in [2.24, 2.45) is 0 Å². The maximum Gasteiger partial charge on any atom is 0.181 e. The number of hydrogen-bond acceptors (Lipinski definition) is 3. The quantitative estimate of drug-likeness (QED) is 0.895. The van der Waals surface area contributed by atoms with Crippen molar-refractivity contribution < 1.29 is 9.52 Å². The Morgan fingerprint density at radius 3 is 2.64 bits per heavy atom. The largest absolute Gasteiger partial charge is 0.445 e. The number of aliphatic hydroxyl groups is 1. The van der Waals surface area contributed by atoms with Crippen LogP contribution < -0.4 is 0 Å². The summed E-state index contributed by atoms with van der Waals surface area (Å²) in [7, 11) is 0. The monoisotopic (exact) mass is 253 g/mol. The molecule has 2 rings (SSSR count). The highest BCUT2D eigenvalue weighted by Gasteiger charge is 2.08. The van der Waals surface area contributed by atoms with E-state index in [0.717, 1.165) is 10.0 Å². The Morgan fingerprint density at radius 1 is 1.29 bits per heavy atom. The van der Waals surface area contributed by atoms with Gasteiger partial charge in [0.1, 0.15) is 12.3 Å². The van der Waals surface area contributed by atoms with Crippen LogP contribution in [-0.4, -0.2) is 10.1 Å². The molecule has 2 aromatic rings. The number of halogens is 1. The summed E-state index contributed by atoms with van der Waals surface area (Å²) in [6.07, 6.45) is 1.34. The van der Waals surface area contributed by atoms with Crippen LogP contribution in [0.4, 0.5) is 0 Å². The van der Waals surface area contributed by atoms with Crippen LogP contribution >= 0.6 is 15.9 Å². The van der Waals surface area contributed by atoms with E-state index < -0.39 is 0 Å². The lowest BCUT2D eigenvalue weighted by Gasteiger charge is -1.98. The van der Waals surface area contributed by atoms with Crippen LogP contribution in [0.5, 0.6) is 0 Å². The molecule has 0 atom stereocenters. The Labute approximate surface area is 89.5 Å². The van der Waals surface area contributed by atoms with E-state index in [4.69, 9.17) is 9.52 Å². The Bertz CT molecular complexity index is 422. The first-order chi connectivity index (χ1) is 6.81. The number of rotatable bonds is 2. The van der Waals surface area contributed by atoms with Crippen molar-refractivity contribution in [1.29, 1.82) is 0 Å². The molecular weight excluding hydrogens is 246 g/mol. The average Bonchev–Trinajstić information content (AvgIpc) is 2.67. The normalized spacial score (nSPS) is 10.4. The molecule has 0 spiro atoms. The molecule has 1 aromatic heterocycles. The fourth-order valence-electron chi connectivity index (χ4n) is 1.23. The van der Waals surface area contributed by atoms with Crippen molar-refractivity contribution in [3.8, 4) is 11.3 Å². The van der Waals surface area contributed by atoms with E-state index in [1.807, 2.05) is 24.3 Å². The maximum absolute atomic E-state index is 8.98. The fourth-order valence-corrected chi connectivity index (χ4v) is 1.49. The van der Waals surface area contributed by atoms with Gasteiger partial charge >= 0.3 is 0 Å². The molecule has 0 bridgehead atoms. The van der Waals surface area contributed by atoms with Crippen LogP contribution in [0.2, 0.25) is 0 Å². The number of aromatic nitrogens is 1. The van der Waals surface area contributed by atoms with Gasteiger partial charge in [-0.25, -0.2) is 4.98 Å². The van der Waals surface area contributed by atoms with Crippen molar-refractivity contribution in [2.75, 3.05) is 0 Å². The predicted octanol–water partition coefficient (Wildman–Crippen LogP) is 2.60. The van der Waals surface area contributed by atoms with Gasteiger partial charge in [-0.15, -0.1) is 0 Å². The third-order valence-corrected chi connectivity index (χ3v) is 2.43. The van der Waals surface area contributed by atoms with Crippen LogP contribution in [0.1, 0.15) is 5.76 Å². The lowest BCUT2D eigenvalue weighted by molar-refractivity contribution is 0.248. The van der Waals surface area contributed by atoms with Gasteiger partial charge in [0.15, 0.2) is 12.2 Å². The van der Waals surface area contributed by atoms with Crippen molar-refractivity contribution in [1.82, 2.24) is 4.98 Å². The Kier molecular flexibility index (Phi) is 2.65. The van der Waals surface area contributed by atoms with E-state index >= 15 is 0 Å². The fraction of sp³-hybridized carbons (Fsp3) is 0.100. The summed E-state index contributed by atoms with van der Waals surface area (Å²) in [5, 5.41) is 8.98. The minimum Gasteiger partial charge on any atom is -0.445 e. The second kappa shape index (κ2) is 3.94. The summed E-state index contributed by atoms with van der Waals surface area (Å²) < 4.78 is 6.04. The molecule has 0 unspecified atom stereocenters. The summed E-state index contributed by atoms with van der Waals surface area (Å²) in [5.41, 5.74) is 1.63. The summed E-state index contributed by atoms with van der Waals surface area (Å²) in [5.74, 6) is 0.493. The number of nitrogens with zero attached hydrogens (tertiary/aromatic N) is 1. The lowest BCUT2D eigenvalue weighted by Crippen LogP contribution is -1.85. The van der Waals surface area contributed by atoms with Gasteiger partial charge in [0, 0.05) is 10.0 Å². The number of oxazole rings is 1. The van der Waals surface area contributed by atoms with Gasteiger partial charge in [-0.2, -0.15) is 0 Å². The first-order valence-corrected chi connectivity index (χ1v) is 4.89. The topological polar surface area (TPSA) is 46.3 Å². The highest BCUT2D eigenvalue weighted by Crippen LogP contribution is 2.23. The molecule has 72 valence electrons. The van der Waals surface area contributed by atoms with E-state index in [1.54, 1.807) is 0 Å². The molecule has 0 fully saturated rings. The average molecular weight is 254 g/mol. The van der Waals surface area contributed by atoms with E-state index in [0.29, 0.717) is 11.5 Å². The minimum absolute atomic E-state index is 0.134.